The summed E-state index contributed by atoms with van der Waals surface area (Å²) < 4.78 is 0. The minimum Gasteiger partial charge on any atom is -0.386 e. The zero-order valence-electron chi connectivity index (χ0n) is 12.6. The SMILES string of the molecule is O=C(CON=Cc1ccc(Cl)cc1)NCCC1=CCCCC1. The molecule has 0 saturated carbocycles. The number of benzene rings is 1. The first-order valence-electron chi connectivity index (χ1n) is 7.59. The van der Waals surface area contributed by atoms with E-state index in [1.54, 1.807) is 18.3 Å². The smallest absolute Gasteiger partial charge is 0.260 e. The van der Waals surface area contributed by atoms with Crippen LogP contribution >= 0.6 is 11.6 Å². The topological polar surface area (TPSA) is 50.7 Å². The van der Waals surface area contributed by atoms with Crippen molar-refractivity contribution in [3.63, 3.8) is 0 Å². The maximum absolute atomic E-state index is 11.6. The quantitative estimate of drug-likeness (QED) is 0.473. The minimum atomic E-state index is -0.148. The van der Waals surface area contributed by atoms with Crippen LogP contribution in [0.5, 0.6) is 0 Å². The van der Waals surface area contributed by atoms with Crippen LogP contribution in [0, 0.1) is 0 Å². The van der Waals surface area contributed by atoms with E-state index >= 15 is 0 Å². The maximum atomic E-state index is 11.6. The van der Waals surface area contributed by atoms with Gasteiger partial charge in [-0.05, 0) is 49.8 Å². The molecule has 118 valence electrons. The second-order valence-corrected chi connectivity index (χ2v) is 5.70. The summed E-state index contributed by atoms with van der Waals surface area (Å²) in [5.41, 5.74) is 2.32. The van der Waals surface area contributed by atoms with Crippen molar-refractivity contribution in [2.24, 2.45) is 5.16 Å². The van der Waals surface area contributed by atoms with E-state index in [1.165, 1.54) is 24.8 Å². The third-order valence-electron chi connectivity index (χ3n) is 3.50. The molecule has 5 heteroatoms. The predicted octanol–water partition coefficient (Wildman–Crippen LogP) is 3.70. The van der Waals surface area contributed by atoms with Crippen LogP contribution in [0.4, 0.5) is 0 Å². The van der Waals surface area contributed by atoms with E-state index in [-0.39, 0.29) is 12.5 Å². The average molecular weight is 321 g/mol. The molecule has 22 heavy (non-hydrogen) atoms. The Kier molecular flexibility index (Phi) is 6.97. The van der Waals surface area contributed by atoms with Crippen LogP contribution in [0.15, 0.2) is 41.1 Å². The molecule has 0 aliphatic heterocycles. The van der Waals surface area contributed by atoms with Crippen LogP contribution < -0.4 is 5.32 Å². The third kappa shape index (κ3) is 6.31. The van der Waals surface area contributed by atoms with Gasteiger partial charge in [0.1, 0.15) is 0 Å². The Morgan fingerprint density at radius 2 is 2.14 bits per heavy atom. The van der Waals surface area contributed by atoms with Crippen molar-refractivity contribution < 1.29 is 9.63 Å². The van der Waals surface area contributed by atoms with Gasteiger partial charge in [-0.1, -0.05) is 40.5 Å². The number of hydrogen-bond acceptors (Lipinski definition) is 3. The van der Waals surface area contributed by atoms with Gasteiger partial charge in [0.05, 0.1) is 6.21 Å². The first-order valence-corrected chi connectivity index (χ1v) is 7.97. The number of amides is 1. The fraction of sp³-hybridized carbons (Fsp3) is 0.412. The van der Waals surface area contributed by atoms with Crippen molar-refractivity contribution in [2.75, 3.05) is 13.2 Å². The number of nitrogens with zero attached hydrogens (tertiary/aromatic N) is 1. The molecule has 0 saturated heterocycles. The second kappa shape index (κ2) is 9.26. The van der Waals surface area contributed by atoms with E-state index in [4.69, 9.17) is 16.4 Å². The van der Waals surface area contributed by atoms with Crippen LogP contribution in [0.2, 0.25) is 5.02 Å². The molecular weight excluding hydrogens is 300 g/mol. The highest BCUT2D eigenvalue weighted by atomic mass is 35.5. The van der Waals surface area contributed by atoms with Gasteiger partial charge in [0.15, 0.2) is 6.61 Å². The largest absolute Gasteiger partial charge is 0.386 e. The van der Waals surface area contributed by atoms with Gasteiger partial charge in [-0.15, -0.1) is 0 Å². The van der Waals surface area contributed by atoms with Gasteiger partial charge < -0.3 is 10.2 Å². The van der Waals surface area contributed by atoms with E-state index in [1.807, 2.05) is 12.1 Å². The summed E-state index contributed by atoms with van der Waals surface area (Å²) in [4.78, 5) is 16.6. The summed E-state index contributed by atoms with van der Waals surface area (Å²) in [7, 11) is 0. The molecule has 0 bridgehead atoms. The van der Waals surface area contributed by atoms with E-state index in [0.717, 1.165) is 18.4 Å². The number of carbonyl (C=O) groups is 1. The lowest BCUT2D eigenvalue weighted by molar-refractivity contribution is -0.125. The summed E-state index contributed by atoms with van der Waals surface area (Å²) in [6.07, 6.45) is 9.67. The average Bonchev–Trinajstić information content (AvgIpc) is 2.54. The van der Waals surface area contributed by atoms with Gasteiger partial charge in [-0.2, -0.15) is 0 Å². The molecule has 1 aromatic rings. The van der Waals surface area contributed by atoms with E-state index in [2.05, 4.69) is 16.5 Å². The Hall–Kier alpha value is -1.81. The molecule has 0 aromatic heterocycles. The lowest BCUT2D eigenvalue weighted by Crippen LogP contribution is -2.28. The summed E-state index contributed by atoms with van der Waals surface area (Å²) in [5, 5.41) is 7.28. The number of rotatable bonds is 7. The van der Waals surface area contributed by atoms with E-state index in [9.17, 15) is 4.79 Å². The molecule has 1 aliphatic carbocycles. The molecule has 0 fully saturated rings. The second-order valence-electron chi connectivity index (χ2n) is 5.27. The first kappa shape index (κ1) is 16.6. The Bertz CT molecular complexity index is 538. The molecule has 0 radical (unpaired) electrons. The van der Waals surface area contributed by atoms with Gasteiger partial charge in [0, 0.05) is 11.6 Å². The van der Waals surface area contributed by atoms with E-state index in [0.29, 0.717) is 11.6 Å². The summed E-state index contributed by atoms with van der Waals surface area (Å²) in [6.45, 7) is 0.595. The number of allylic oxidation sites excluding steroid dienone is 1. The molecule has 2 rings (SSSR count). The van der Waals surface area contributed by atoms with Crippen molar-refractivity contribution in [3.05, 3.63) is 46.5 Å². The summed E-state index contributed by atoms with van der Waals surface area (Å²) >= 11 is 5.79. The Labute approximate surface area is 136 Å². The highest BCUT2D eigenvalue weighted by Gasteiger charge is 2.05. The number of hydrogen-bond donors (Lipinski definition) is 1. The number of carbonyl (C=O) groups excluding carboxylic acids is 1. The first-order chi connectivity index (χ1) is 10.7. The molecule has 4 nitrogen and oxygen atoms in total. The lowest BCUT2D eigenvalue weighted by atomic mass is 9.97. The van der Waals surface area contributed by atoms with Gasteiger partial charge in [0.25, 0.3) is 5.91 Å². The molecule has 1 amide bonds. The molecule has 1 aromatic carbocycles. The highest BCUT2D eigenvalue weighted by Crippen LogP contribution is 2.19. The molecule has 1 aliphatic rings. The monoisotopic (exact) mass is 320 g/mol. The zero-order valence-corrected chi connectivity index (χ0v) is 13.3. The van der Waals surface area contributed by atoms with Crippen molar-refractivity contribution in [3.8, 4) is 0 Å². The fourth-order valence-electron chi connectivity index (χ4n) is 2.29. The zero-order chi connectivity index (χ0) is 15.6. The number of oxime groups is 1. The number of nitrogens with one attached hydrogen (secondary N) is 1. The molecule has 0 atom stereocenters. The van der Waals surface area contributed by atoms with Crippen LogP contribution in [-0.2, 0) is 9.63 Å². The lowest BCUT2D eigenvalue weighted by Gasteiger charge is -2.12. The van der Waals surface area contributed by atoms with E-state index < -0.39 is 0 Å². The molecule has 0 unspecified atom stereocenters. The van der Waals surface area contributed by atoms with Crippen LogP contribution in [0.3, 0.4) is 0 Å². The normalized spacial score (nSPS) is 14.7. The fourth-order valence-corrected chi connectivity index (χ4v) is 2.41. The van der Waals surface area contributed by atoms with Crippen molar-refractivity contribution in [1.82, 2.24) is 5.32 Å². The van der Waals surface area contributed by atoms with Gasteiger partial charge in [-0.25, -0.2) is 0 Å². The Balaban J connectivity index is 1.59. The van der Waals surface area contributed by atoms with Gasteiger partial charge in [-0.3, -0.25) is 4.79 Å². The van der Waals surface area contributed by atoms with Crippen LogP contribution in [0.1, 0.15) is 37.7 Å². The molecule has 0 spiro atoms. The van der Waals surface area contributed by atoms with Crippen molar-refractivity contribution in [2.45, 2.75) is 32.1 Å². The summed E-state index contributed by atoms with van der Waals surface area (Å²) in [6, 6.07) is 7.20. The van der Waals surface area contributed by atoms with Crippen molar-refractivity contribution >= 4 is 23.7 Å². The Morgan fingerprint density at radius 3 is 2.86 bits per heavy atom. The molecule has 0 heterocycles. The molecule has 1 N–H and O–H groups in total. The minimum absolute atomic E-state index is 0.0663. The highest BCUT2D eigenvalue weighted by molar-refractivity contribution is 6.30. The third-order valence-corrected chi connectivity index (χ3v) is 3.75. The van der Waals surface area contributed by atoms with Gasteiger partial charge >= 0.3 is 0 Å². The van der Waals surface area contributed by atoms with Gasteiger partial charge in [0.2, 0.25) is 0 Å². The number of halogens is 1. The summed E-state index contributed by atoms with van der Waals surface area (Å²) in [5.74, 6) is -0.148. The van der Waals surface area contributed by atoms with Crippen LogP contribution in [-0.4, -0.2) is 25.3 Å². The maximum Gasteiger partial charge on any atom is 0.260 e. The standard InChI is InChI=1S/C17H21ClN2O2/c18-16-8-6-15(7-9-16)12-20-22-13-17(21)19-11-10-14-4-2-1-3-5-14/h4,6-9,12H,1-3,5,10-11,13H2,(H,19,21). The molecular formula is C17H21ClN2O2. The van der Waals surface area contributed by atoms with Crippen LogP contribution in [0.25, 0.3) is 0 Å². The predicted molar refractivity (Wildman–Crippen MR) is 89.2 cm³/mol. The van der Waals surface area contributed by atoms with Crippen molar-refractivity contribution in [1.29, 1.82) is 0 Å². The Morgan fingerprint density at radius 1 is 1.32 bits per heavy atom.